The second-order valence-corrected chi connectivity index (χ2v) is 9.86. The number of unbranched alkanes of at least 4 members (excludes halogenated alkanes) is 2. The first-order valence-corrected chi connectivity index (χ1v) is 12.9. The van der Waals surface area contributed by atoms with Crippen LogP contribution in [-0.2, 0) is 16.6 Å². The summed E-state index contributed by atoms with van der Waals surface area (Å²) in [7, 11) is -0.0550. The van der Waals surface area contributed by atoms with E-state index in [1.165, 1.54) is 4.31 Å². The molecule has 0 aliphatic carbocycles. The van der Waals surface area contributed by atoms with Gasteiger partial charge in [-0.2, -0.15) is 8.42 Å². The molecule has 0 atom stereocenters. The second kappa shape index (κ2) is 12.0. The minimum atomic E-state index is -3.73. The van der Waals surface area contributed by atoms with Crippen molar-refractivity contribution in [2.75, 3.05) is 49.4 Å². The monoisotopic (exact) mass is 473 g/mol. The number of anilines is 2. The van der Waals surface area contributed by atoms with E-state index in [-0.39, 0.29) is 0 Å². The number of benzene rings is 2. The van der Waals surface area contributed by atoms with Crippen molar-refractivity contribution in [2.24, 2.45) is 0 Å². The molecule has 1 aliphatic rings. The van der Waals surface area contributed by atoms with Crippen molar-refractivity contribution in [1.29, 1.82) is 0 Å². The number of nitrogens with zero attached hydrogens (tertiary/aromatic N) is 2. The summed E-state index contributed by atoms with van der Waals surface area (Å²) in [4.78, 5) is 2.25. The molecule has 180 valence electrons. The quantitative estimate of drug-likeness (QED) is 0.343. The molecule has 3 rings (SSSR count). The summed E-state index contributed by atoms with van der Waals surface area (Å²) in [6.45, 7) is 6.83. The van der Waals surface area contributed by atoms with Crippen molar-refractivity contribution in [2.45, 2.75) is 32.1 Å². The zero-order chi connectivity index (χ0) is 23.7. The third-order valence-corrected chi connectivity index (χ3v) is 7.10. The first-order valence-electron chi connectivity index (χ1n) is 11.4. The number of hydrogen-bond donors (Lipinski definition) is 1. The number of aryl methyl sites for hydroxylation is 1. The summed E-state index contributed by atoms with van der Waals surface area (Å²) in [5.41, 5.74) is 2.20. The number of methoxy groups -OCH3 is 1. The SMILES string of the molecule is C=CCN(C)CCCCCOc1ccc2c(c1)CCCN2S(=O)(=O)Nc1ccc(OC)cc1. The second-order valence-electron chi connectivity index (χ2n) is 8.26. The normalized spacial score (nSPS) is 13.5. The molecule has 33 heavy (non-hydrogen) atoms. The van der Waals surface area contributed by atoms with Crippen molar-refractivity contribution in [3.63, 3.8) is 0 Å². The Morgan fingerprint density at radius 3 is 2.61 bits per heavy atom. The molecule has 0 spiro atoms. The summed E-state index contributed by atoms with van der Waals surface area (Å²) in [5, 5.41) is 0. The Balaban J connectivity index is 1.56. The predicted molar refractivity (Wildman–Crippen MR) is 135 cm³/mol. The lowest BCUT2D eigenvalue weighted by Gasteiger charge is -2.31. The molecule has 0 saturated heterocycles. The van der Waals surface area contributed by atoms with Crippen LogP contribution in [0.25, 0.3) is 0 Å². The molecule has 0 amide bonds. The highest BCUT2D eigenvalue weighted by atomic mass is 32.2. The third-order valence-electron chi connectivity index (χ3n) is 5.65. The van der Waals surface area contributed by atoms with E-state index in [1.54, 1.807) is 31.4 Å². The Labute approximate surface area is 198 Å². The lowest BCUT2D eigenvalue weighted by atomic mass is 10.0. The van der Waals surface area contributed by atoms with E-state index in [4.69, 9.17) is 9.47 Å². The topological polar surface area (TPSA) is 71.1 Å². The van der Waals surface area contributed by atoms with Crippen LogP contribution < -0.4 is 18.5 Å². The lowest BCUT2D eigenvalue weighted by Crippen LogP contribution is -2.39. The molecule has 1 aliphatic heterocycles. The largest absolute Gasteiger partial charge is 0.497 e. The Morgan fingerprint density at radius 2 is 1.88 bits per heavy atom. The Bertz CT molecular complexity index is 1010. The molecule has 0 fully saturated rings. The van der Waals surface area contributed by atoms with Crippen molar-refractivity contribution in [3.8, 4) is 11.5 Å². The van der Waals surface area contributed by atoms with Gasteiger partial charge < -0.3 is 14.4 Å². The molecular formula is C25H35N3O4S. The fourth-order valence-corrected chi connectivity index (χ4v) is 5.25. The molecule has 0 saturated carbocycles. The number of nitrogens with one attached hydrogen (secondary N) is 1. The molecule has 2 aromatic rings. The van der Waals surface area contributed by atoms with Crippen LogP contribution in [0.15, 0.2) is 55.1 Å². The van der Waals surface area contributed by atoms with Crippen molar-refractivity contribution >= 4 is 21.6 Å². The number of likely N-dealkylation sites (N-methyl/N-ethyl adjacent to an activating group) is 1. The van der Waals surface area contributed by atoms with Gasteiger partial charge >= 0.3 is 10.2 Å². The van der Waals surface area contributed by atoms with Gasteiger partial charge in [-0.25, -0.2) is 0 Å². The minimum Gasteiger partial charge on any atom is -0.497 e. The summed E-state index contributed by atoms with van der Waals surface area (Å²) in [5.74, 6) is 1.47. The number of hydrogen-bond acceptors (Lipinski definition) is 5. The zero-order valence-electron chi connectivity index (χ0n) is 19.6. The summed E-state index contributed by atoms with van der Waals surface area (Å²) < 4.78 is 41.3. The van der Waals surface area contributed by atoms with Gasteiger partial charge in [0.15, 0.2) is 0 Å². The van der Waals surface area contributed by atoms with Gasteiger partial charge in [-0.1, -0.05) is 6.08 Å². The molecule has 1 heterocycles. The maximum atomic E-state index is 13.1. The van der Waals surface area contributed by atoms with Gasteiger partial charge in [0.25, 0.3) is 0 Å². The van der Waals surface area contributed by atoms with Gasteiger partial charge in [0.1, 0.15) is 11.5 Å². The number of rotatable bonds is 13. The van der Waals surface area contributed by atoms with E-state index in [1.807, 2.05) is 24.3 Å². The fraction of sp³-hybridized carbons (Fsp3) is 0.440. The van der Waals surface area contributed by atoms with Crippen LogP contribution in [0.4, 0.5) is 11.4 Å². The van der Waals surface area contributed by atoms with E-state index < -0.39 is 10.2 Å². The highest BCUT2D eigenvalue weighted by Gasteiger charge is 2.27. The van der Waals surface area contributed by atoms with Gasteiger partial charge in [-0.15, -0.1) is 6.58 Å². The van der Waals surface area contributed by atoms with Crippen LogP contribution in [0.3, 0.4) is 0 Å². The van der Waals surface area contributed by atoms with Crippen LogP contribution in [-0.4, -0.2) is 53.7 Å². The van der Waals surface area contributed by atoms with E-state index in [9.17, 15) is 8.42 Å². The van der Waals surface area contributed by atoms with Crippen LogP contribution in [0.5, 0.6) is 11.5 Å². The Hall–Kier alpha value is -2.71. The third kappa shape index (κ3) is 7.14. The van der Waals surface area contributed by atoms with Crippen LogP contribution in [0, 0.1) is 0 Å². The molecular weight excluding hydrogens is 438 g/mol. The van der Waals surface area contributed by atoms with Gasteiger partial charge in [-0.3, -0.25) is 9.03 Å². The van der Waals surface area contributed by atoms with Gasteiger partial charge in [0.05, 0.1) is 25.1 Å². The first kappa shape index (κ1) is 24.9. The molecule has 0 radical (unpaired) electrons. The van der Waals surface area contributed by atoms with Crippen LogP contribution in [0.2, 0.25) is 0 Å². The smallest absolute Gasteiger partial charge is 0.323 e. The van der Waals surface area contributed by atoms with Crippen LogP contribution >= 0.6 is 0 Å². The molecule has 7 nitrogen and oxygen atoms in total. The van der Waals surface area contributed by atoms with Crippen LogP contribution in [0.1, 0.15) is 31.2 Å². The van der Waals surface area contributed by atoms with Gasteiger partial charge in [0.2, 0.25) is 0 Å². The molecule has 1 N–H and O–H groups in total. The standard InChI is InChI=1S/C25H35N3O4S/c1-4-16-27(2)17-6-5-7-19-32-24-14-15-25-21(20-24)9-8-18-28(25)33(29,30)26-22-10-12-23(31-3)13-11-22/h4,10-15,20,26H,1,5-9,16-19H2,2-3H3. The Kier molecular flexibility index (Phi) is 9.03. The molecule has 0 bridgehead atoms. The maximum Gasteiger partial charge on any atom is 0.323 e. The number of fused-ring (bicyclic) bond motifs is 1. The van der Waals surface area contributed by atoms with Gasteiger partial charge in [-0.05, 0) is 93.7 Å². The Morgan fingerprint density at radius 1 is 1.12 bits per heavy atom. The first-order chi connectivity index (χ1) is 15.9. The lowest BCUT2D eigenvalue weighted by molar-refractivity contribution is 0.295. The minimum absolute atomic E-state index is 0.443. The highest BCUT2D eigenvalue weighted by Crippen LogP contribution is 2.33. The highest BCUT2D eigenvalue weighted by molar-refractivity contribution is 7.94. The average Bonchev–Trinajstić information content (AvgIpc) is 2.81. The molecule has 0 unspecified atom stereocenters. The van der Waals surface area contributed by atoms with E-state index in [0.29, 0.717) is 30.3 Å². The van der Waals surface area contributed by atoms with Gasteiger partial charge in [0, 0.05) is 13.1 Å². The fourth-order valence-electron chi connectivity index (χ4n) is 3.90. The molecule has 8 heteroatoms. The van der Waals surface area contributed by atoms with E-state index in [2.05, 4.69) is 23.2 Å². The predicted octanol–water partition coefficient (Wildman–Crippen LogP) is 4.47. The molecule has 0 aromatic heterocycles. The molecule has 2 aromatic carbocycles. The maximum absolute atomic E-state index is 13.1. The van der Waals surface area contributed by atoms with E-state index >= 15 is 0 Å². The average molecular weight is 474 g/mol. The summed E-state index contributed by atoms with van der Waals surface area (Å²) in [6.07, 6.45) is 6.74. The summed E-state index contributed by atoms with van der Waals surface area (Å²) in [6, 6.07) is 12.5. The van der Waals surface area contributed by atoms with Crippen molar-refractivity contribution in [1.82, 2.24) is 4.90 Å². The zero-order valence-corrected chi connectivity index (χ0v) is 20.4. The number of ether oxygens (including phenoxy) is 2. The summed E-state index contributed by atoms with van der Waals surface area (Å²) >= 11 is 0. The van der Waals surface area contributed by atoms with Crippen molar-refractivity contribution < 1.29 is 17.9 Å². The van der Waals surface area contributed by atoms with Crippen molar-refractivity contribution in [3.05, 3.63) is 60.7 Å². The van der Waals surface area contributed by atoms with E-state index in [0.717, 1.165) is 56.5 Å².